The van der Waals surface area contributed by atoms with E-state index >= 15 is 0 Å². The highest BCUT2D eigenvalue weighted by Gasteiger charge is 2.16. The molecule has 0 aliphatic carbocycles. The van der Waals surface area contributed by atoms with Crippen LogP contribution in [0.1, 0.15) is 20.7 Å². The molecule has 0 unspecified atom stereocenters. The van der Waals surface area contributed by atoms with E-state index in [1.54, 1.807) is 49.6 Å². The lowest BCUT2D eigenvalue weighted by Crippen LogP contribution is -2.48. The van der Waals surface area contributed by atoms with Crippen LogP contribution in [0.25, 0.3) is 0 Å². The Morgan fingerprint density at radius 2 is 1.75 bits per heavy atom. The van der Waals surface area contributed by atoms with Gasteiger partial charge in [-0.05, 0) is 58.5 Å². The largest absolute Gasteiger partial charge is 0.490 e. The summed E-state index contributed by atoms with van der Waals surface area (Å²) in [5.41, 5.74) is 5.64. The summed E-state index contributed by atoms with van der Waals surface area (Å²) < 4.78 is 11.8. The summed E-state index contributed by atoms with van der Waals surface area (Å²) in [5, 5.41) is 2.44. The Labute approximate surface area is 184 Å². The zero-order valence-corrected chi connectivity index (χ0v) is 18.7. The molecule has 0 atom stereocenters. The third-order valence-corrected chi connectivity index (χ3v) is 4.76. The van der Waals surface area contributed by atoms with Gasteiger partial charge in [0.25, 0.3) is 11.8 Å². The molecule has 7 nitrogen and oxygen atoms in total. The third kappa shape index (κ3) is 6.55. The molecule has 2 amide bonds. The lowest BCUT2D eigenvalue weighted by atomic mass is 10.2. The van der Waals surface area contributed by atoms with E-state index in [0.29, 0.717) is 33.5 Å². The molecule has 0 aliphatic rings. The number of hydrogen-bond donors (Lipinski definition) is 3. The number of rotatable bonds is 6. The smallest absolute Gasteiger partial charge is 0.270 e. The lowest BCUT2D eigenvalue weighted by molar-refractivity contribution is 0.0932. The molecule has 0 saturated carbocycles. The van der Waals surface area contributed by atoms with Crippen LogP contribution in [0.15, 0.2) is 51.4 Å². The van der Waals surface area contributed by atoms with Crippen LogP contribution in [0.2, 0.25) is 0 Å². The molecule has 148 valence electrons. The topological polar surface area (TPSA) is 88.7 Å². The number of hydrogen-bond acceptors (Lipinski definition) is 5. The van der Waals surface area contributed by atoms with Gasteiger partial charge in [-0.15, -0.1) is 0 Å². The van der Waals surface area contributed by atoms with E-state index in [1.807, 2.05) is 0 Å². The van der Waals surface area contributed by atoms with Crippen molar-refractivity contribution in [1.29, 1.82) is 0 Å². The van der Waals surface area contributed by atoms with Crippen LogP contribution in [0.5, 0.6) is 5.75 Å². The first-order valence-corrected chi connectivity index (χ1v) is 9.99. The SMILES string of the molecule is COCCOc1ccc(Br)cc1C(=O)NC(=S)NNC(=O)c1ccccc1Br. The molecule has 0 heterocycles. The summed E-state index contributed by atoms with van der Waals surface area (Å²) in [4.78, 5) is 24.7. The second-order valence-corrected chi connectivity index (χ2v) is 7.50. The van der Waals surface area contributed by atoms with Crippen molar-refractivity contribution in [3.63, 3.8) is 0 Å². The van der Waals surface area contributed by atoms with Crippen molar-refractivity contribution in [2.24, 2.45) is 0 Å². The molecule has 0 aliphatic heterocycles. The normalized spacial score (nSPS) is 10.1. The summed E-state index contributed by atoms with van der Waals surface area (Å²) in [5.74, 6) is -0.505. The molecular weight excluding hydrogens is 514 g/mol. The Morgan fingerprint density at radius 3 is 2.46 bits per heavy atom. The van der Waals surface area contributed by atoms with Gasteiger partial charge in [0.2, 0.25) is 0 Å². The number of halogens is 2. The van der Waals surface area contributed by atoms with Gasteiger partial charge in [0.1, 0.15) is 12.4 Å². The van der Waals surface area contributed by atoms with Gasteiger partial charge in [0.05, 0.1) is 17.7 Å². The van der Waals surface area contributed by atoms with Crippen molar-refractivity contribution in [3.05, 3.63) is 62.5 Å². The van der Waals surface area contributed by atoms with Gasteiger partial charge >= 0.3 is 0 Å². The van der Waals surface area contributed by atoms with Crippen LogP contribution in [0.4, 0.5) is 0 Å². The minimum absolute atomic E-state index is 0.0618. The van der Waals surface area contributed by atoms with Crippen LogP contribution in [0, 0.1) is 0 Å². The fourth-order valence-electron chi connectivity index (χ4n) is 2.07. The number of ether oxygens (including phenoxy) is 2. The lowest BCUT2D eigenvalue weighted by Gasteiger charge is -2.14. The predicted molar refractivity (Wildman–Crippen MR) is 116 cm³/mol. The first-order valence-electron chi connectivity index (χ1n) is 8.00. The second kappa shape index (κ2) is 11.1. The summed E-state index contributed by atoms with van der Waals surface area (Å²) in [7, 11) is 1.56. The molecule has 0 radical (unpaired) electrons. The maximum atomic E-state index is 12.5. The highest BCUT2D eigenvalue weighted by Crippen LogP contribution is 2.23. The predicted octanol–water partition coefficient (Wildman–Crippen LogP) is 3.19. The molecule has 0 spiro atoms. The Kier molecular flexibility index (Phi) is 8.84. The number of methoxy groups -OCH3 is 1. The van der Waals surface area contributed by atoms with Gasteiger partial charge in [-0.1, -0.05) is 28.1 Å². The van der Waals surface area contributed by atoms with Crippen LogP contribution in [-0.4, -0.2) is 37.3 Å². The van der Waals surface area contributed by atoms with E-state index < -0.39 is 11.8 Å². The third-order valence-electron chi connectivity index (χ3n) is 3.37. The molecule has 0 bridgehead atoms. The quantitative estimate of drug-likeness (QED) is 0.302. The second-order valence-electron chi connectivity index (χ2n) is 5.32. The summed E-state index contributed by atoms with van der Waals surface area (Å²) in [6.07, 6.45) is 0. The number of carbonyl (C=O) groups is 2. The highest BCUT2D eigenvalue weighted by molar-refractivity contribution is 9.10. The number of benzene rings is 2. The van der Waals surface area contributed by atoms with Gasteiger partial charge < -0.3 is 9.47 Å². The van der Waals surface area contributed by atoms with Gasteiger partial charge in [-0.2, -0.15) is 0 Å². The Bertz CT molecular complexity index is 880. The van der Waals surface area contributed by atoms with Crippen molar-refractivity contribution in [2.75, 3.05) is 20.3 Å². The van der Waals surface area contributed by atoms with Crippen molar-refractivity contribution >= 4 is 61.0 Å². The van der Waals surface area contributed by atoms with E-state index in [4.69, 9.17) is 21.7 Å². The first-order chi connectivity index (χ1) is 13.4. The molecule has 10 heteroatoms. The van der Waals surface area contributed by atoms with Crippen molar-refractivity contribution in [3.8, 4) is 5.75 Å². The highest BCUT2D eigenvalue weighted by atomic mass is 79.9. The van der Waals surface area contributed by atoms with Crippen molar-refractivity contribution in [1.82, 2.24) is 16.2 Å². The summed E-state index contributed by atoms with van der Waals surface area (Å²) >= 11 is 11.7. The fourth-order valence-corrected chi connectivity index (χ4v) is 3.04. The number of hydrazine groups is 1. The molecule has 0 fully saturated rings. The van der Waals surface area contributed by atoms with Gasteiger partial charge in [0, 0.05) is 16.1 Å². The van der Waals surface area contributed by atoms with Gasteiger partial charge in [-0.3, -0.25) is 25.8 Å². The fraction of sp³-hybridized carbons (Fsp3) is 0.167. The maximum Gasteiger partial charge on any atom is 0.270 e. The number of thiocarbonyl (C=S) groups is 1. The Hall–Kier alpha value is -2.01. The minimum atomic E-state index is -0.485. The van der Waals surface area contributed by atoms with Gasteiger partial charge in [-0.25, -0.2) is 0 Å². The molecule has 28 heavy (non-hydrogen) atoms. The molecular formula is C18H17Br2N3O4S. The van der Waals surface area contributed by atoms with E-state index in [2.05, 4.69) is 48.0 Å². The molecule has 2 aromatic carbocycles. The zero-order chi connectivity index (χ0) is 20.5. The molecule has 3 N–H and O–H groups in total. The average Bonchev–Trinajstić information content (AvgIpc) is 2.67. The Balaban J connectivity index is 1.96. The van der Waals surface area contributed by atoms with E-state index in [-0.39, 0.29) is 10.7 Å². The summed E-state index contributed by atoms with van der Waals surface area (Å²) in [6, 6.07) is 12.0. The molecule has 2 aromatic rings. The van der Waals surface area contributed by atoms with Crippen LogP contribution >= 0.6 is 44.1 Å². The number of amides is 2. The van der Waals surface area contributed by atoms with Crippen molar-refractivity contribution < 1.29 is 19.1 Å². The maximum absolute atomic E-state index is 12.5. The number of carbonyl (C=O) groups excluding carboxylic acids is 2. The first kappa shape index (κ1) is 22.3. The molecule has 0 saturated heterocycles. The monoisotopic (exact) mass is 529 g/mol. The number of nitrogens with one attached hydrogen (secondary N) is 3. The van der Waals surface area contributed by atoms with E-state index in [0.717, 1.165) is 0 Å². The zero-order valence-electron chi connectivity index (χ0n) is 14.8. The minimum Gasteiger partial charge on any atom is -0.490 e. The molecule has 0 aromatic heterocycles. The van der Waals surface area contributed by atoms with Crippen LogP contribution < -0.4 is 20.9 Å². The summed E-state index contributed by atoms with van der Waals surface area (Å²) in [6.45, 7) is 0.682. The van der Waals surface area contributed by atoms with E-state index in [9.17, 15) is 9.59 Å². The average molecular weight is 531 g/mol. The standard InChI is InChI=1S/C18H17Br2N3O4S/c1-26-8-9-27-15-7-6-11(19)10-13(15)16(24)21-18(28)23-22-17(25)12-4-2-3-5-14(12)20/h2-7,10H,8-9H2,1H3,(H,22,25)(H2,21,23,24,28). The van der Waals surface area contributed by atoms with Crippen LogP contribution in [0.3, 0.4) is 0 Å². The van der Waals surface area contributed by atoms with E-state index in [1.165, 1.54) is 0 Å². The van der Waals surface area contributed by atoms with Crippen LogP contribution in [-0.2, 0) is 4.74 Å². The van der Waals surface area contributed by atoms with Gasteiger partial charge in [0.15, 0.2) is 5.11 Å². The van der Waals surface area contributed by atoms with Crippen molar-refractivity contribution in [2.45, 2.75) is 0 Å². The Morgan fingerprint density at radius 1 is 1.00 bits per heavy atom. The molecule has 2 rings (SSSR count).